The van der Waals surface area contributed by atoms with Crippen LogP contribution in [0, 0.1) is 0 Å². The Morgan fingerprint density at radius 1 is 1.56 bits per heavy atom. The lowest BCUT2D eigenvalue weighted by Gasteiger charge is -2.29. The minimum atomic E-state index is -0.371. The molecule has 0 spiro atoms. The molecule has 1 unspecified atom stereocenters. The van der Waals surface area contributed by atoms with E-state index in [9.17, 15) is 9.90 Å². The number of thiophene rings is 1. The molecule has 2 heterocycles. The van der Waals surface area contributed by atoms with Gasteiger partial charge in [0.05, 0.1) is 14.8 Å². The molecule has 1 saturated heterocycles. The molecule has 6 heteroatoms. The molecule has 1 N–H and O–H groups in total. The molecule has 0 aromatic carbocycles. The Labute approximate surface area is 115 Å². The van der Waals surface area contributed by atoms with Gasteiger partial charge in [0.15, 0.2) is 0 Å². The van der Waals surface area contributed by atoms with E-state index in [0.717, 1.165) is 27.6 Å². The van der Waals surface area contributed by atoms with Crippen LogP contribution in [0.5, 0.6) is 0 Å². The van der Waals surface area contributed by atoms with Gasteiger partial charge in [-0.05, 0) is 50.8 Å². The number of hydrogen-bond acceptors (Lipinski definition) is 3. The molecule has 1 fully saturated rings. The highest BCUT2D eigenvalue weighted by molar-refractivity contribution is 9.13. The monoisotopic (exact) mass is 367 g/mol. The number of likely N-dealkylation sites (tertiary alicyclic amines) is 1. The fraction of sp³-hybridized carbons (Fsp3) is 0.500. The van der Waals surface area contributed by atoms with Gasteiger partial charge in [-0.15, -0.1) is 11.3 Å². The number of aliphatic hydroxyl groups is 1. The lowest BCUT2D eigenvalue weighted by Crippen LogP contribution is -2.41. The lowest BCUT2D eigenvalue weighted by atomic mass is 10.1. The fourth-order valence-electron chi connectivity index (χ4n) is 1.75. The van der Waals surface area contributed by atoms with Crippen LogP contribution in [0.2, 0.25) is 0 Å². The molecule has 0 bridgehead atoms. The number of piperidine rings is 1. The van der Waals surface area contributed by atoms with Crippen molar-refractivity contribution in [2.45, 2.75) is 18.9 Å². The van der Waals surface area contributed by atoms with Crippen molar-refractivity contribution >= 4 is 49.1 Å². The van der Waals surface area contributed by atoms with Gasteiger partial charge in [-0.1, -0.05) is 0 Å². The zero-order valence-electron chi connectivity index (χ0n) is 8.45. The van der Waals surface area contributed by atoms with E-state index in [0.29, 0.717) is 11.4 Å². The molecule has 0 aliphatic carbocycles. The summed E-state index contributed by atoms with van der Waals surface area (Å²) in [6, 6.07) is 1.82. The normalized spacial score (nSPS) is 21.2. The highest BCUT2D eigenvalue weighted by Crippen LogP contribution is 2.33. The molecule has 1 aromatic heterocycles. The summed E-state index contributed by atoms with van der Waals surface area (Å²) >= 11 is 8.15. The summed E-state index contributed by atoms with van der Waals surface area (Å²) in [6.07, 6.45) is 1.30. The van der Waals surface area contributed by atoms with Gasteiger partial charge in [-0.2, -0.15) is 0 Å². The summed E-state index contributed by atoms with van der Waals surface area (Å²) in [5.74, 6) is 0.00940. The highest BCUT2D eigenvalue weighted by Gasteiger charge is 2.24. The molecular formula is C10H11Br2NO2S. The van der Waals surface area contributed by atoms with Gasteiger partial charge in [0.1, 0.15) is 0 Å². The van der Waals surface area contributed by atoms with Crippen LogP contribution in [0.3, 0.4) is 0 Å². The van der Waals surface area contributed by atoms with Crippen LogP contribution in [0.15, 0.2) is 14.3 Å². The Balaban J connectivity index is 2.12. The molecule has 88 valence electrons. The quantitative estimate of drug-likeness (QED) is 0.827. The molecular weight excluding hydrogens is 358 g/mol. The molecule has 0 radical (unpaired) electrons. The van der Waals surface area contributed by atoms with E-state index in [1.54, 1.807) is 4.90 Å². The molecule has 1 atom stereocenters. The Morgan fingerprint density at radius 3 is 2.88 bits per heavy atom. The second kappa shape index (κ2) is 5.16. The Kier molecular flexibility index (Phi) is 4.05. The maximum absolute atomic E-state index is 12.1. The molecule has 1 aromatic rings. The number of rotatable bonds is 1. The van der Waals surface area contributed by atoms with Crippen LogP contribution in [0.25, 0.3) is 0 Å². The minimum Gasteiger partial charge on any atom is -0.391 e. The average Bonchev–Trinajstić information content (AvgIpc) is 2.58. The molecule has 2 rings (SSSR count). The molecule has 1 amide bonds. The van der Waals surface area contributed by atoms with E-state index >= 15 is 0 Å². The SMILES string of the molecule is O=C(c1cc(Br)c(Br)s1)N1CCCC(O)C1. The molecule has 0 saturated carbocycles. The van der Waals surface area contributed by atoms with Gasteiger partial charge >= 0.3 is 0 Å². The van der Waals surface area contributed by atoms with Crippen molar-refractivity contribution in [1.82, 2.24) is 4.90 Å². The van der Waals surface area contributed by atoms with Gasteiger partial charge in [0.25, 0.3) is 5.91 Å². The summed E-state index contributed by atoms with van der Waals surface area (Å²) in [7, 11) is 0. The average molecular weight is 369 g/mol. The van der Waals surface area contributed by atoms with Crippen molar-refractivity contribution in [1.29, 1.82) is 0 Å². The summed E-state index contributed by atoms with van der Waals surface area (Å²) in [6.45, 7) is 1.19. The Hall–Kier alpha value is 0.0900. The van der Waals surface area contributed by atoms with E-state index in [2.05, 4.69) is 31.9 Å². The van der Waals surface area contributed by atoms with Crippen LogP contribution < -0.4 is 0 Å². The number of hydrogen-bond donors (Lipinski definition) is 1. The molecule has 1 aliphatic rings. The first kappa shape index (κ1) is 12.5. The van der Waals surface area contributed by atoms with Gasteiger partial charge in [0, 0.05) is 17.6 Å². The first-order valence-corrected chi connectivity index (χ1v) is 7.40. The summed E-state index contributed by atoms with van der Waals surface area (Å²) < 4.78 is 1.83. The number of aliphatic hydroxyl groups excluding tert-OH is 1. The van der Waals surface area contributed by atoms with E-state index in [-0.39, 0.29) is 12.0 Å². The predicted molar refractivity (Wildman–Crippen MR) is 70.9 cm³/mol. The molecule has 1 aliphatic heterocycles. The van der Waals surface area contributed by atoms with Crippen LogP contribution in [0.1, 0.15) is 22.5 Å². The standard InChI is InChI=1S/C10H11Br2NO2S/c11-7-4-8(16-9(7)12)10(15)13-3-1-2-6(14)5-13/h4,6,14H,1-3,5H2. The first-order valence-electron chi connectivity index (χ1n) is 5.00. The van der Waals surface area contributed by atoms with Gasteiger partial charge < -0.3 is 10.0 Å². The predicted octanol–water partition coefficient (Wildman–Crippen LogP) is 2.87. The largest absolute Gasteiger partial charge is 0.391 e. The van der Waals surface area contributed by atoms with Gasteiger partial charge in [-0.3, -0.25) is 4.79 Å². The van der Waals surface area contributed by atoms with E-state index in [1.807, 2.05) is 6.07 Å². The van der Waals surface area contributed by atoms with Crippen molar-refractivity contribution in [3.05, 3.63) is 19.2 Å². The van der Waals surface area contributed by atoms with Gasteiger partial charge in [0.2, 0.25) is 0 Å². The second-order valence-electron chi connectivity index (χ2n) is 3.78. The smallest absolute Gasteiger partial charge is 0.264 e. The van der Waals surface area contributed by atoms with Crippen molar-refractivity contribution in [2.75, 3.05) is 13.1 Å². The van der Waals surface area contributed by atoms with E-state index in [4.69, 9.17) is 0 Å². The van der Waals surface area contributed by atoms with Crippen LogP contribution in [-0.2, 0) is 0 Å². The van der Waals surface area contributed by atoms with Crippen molar-refractivity contribution in [2.24, 2.45) is 0 Å². The number of halogens is 2. The van der Waals surface area contributed by atoms with Crippen LogP contribution >= 0.6 is 43.2 Å². The zero-order valence-corrected chi connectivity index (χ0v) is 12.4. The third kappa shape index (κ3) is 2.67. The summed E-state index contributed by atoms with van der Waals surface area (Å²) in [5.41, 5.74) is 0. The van der Waals surface area contributed by atoms with Crippen molar-refractivity contribution in [3.8, 4) is 0 Å². The fourth-order valence-corrected chi connectivity index (χ4v) is 3.75. The van der Waals surface area contributed by atoms with E-state index < -0.39 is 0 Å². The van der Waals surface area contributed by atoms with Crippen LogP contribution in [0.4, 0.5) is 0 Å². The zero-order chi connectivity index (χ0) is 11.7. The number of nitrogens with zero attached hydrogens (tertiary/aromatic N) is 1. The first-order chi connectivity index (χ1) is 7.58. The summed E-state index contributed by atoms with van der Waals surface area (Å²) in [5, 5.41) is 9.53. The number of carbonyl (C=O) groups excluding carboxylic acids is 1. The maximum Gasteiger partial charge on any atom is 0.264 e. The topological polar surface area (TPSA) is 40.5 Å². The number of amides is 1. The molecule has 3 nitrogen and oxygen atoms in total. The third-order valence-electron chi connectivity index (χ3n) is 2.54. The van der Waals surface area contributed by atoms with Crippen LogP contribution in [-0.4, -0.2) is 35.1 Å². The van der Waals surface area contributed by atoms with Crippen molar-refractivity contribution < 1.29 is 9.90 Å². The van der Waals surface area contributed by atoms with E-state index in [1.165, 1.54) is 11.3 Å². The lowest BCUT2D eigenvalue weighted by molar-refractivity contribution is 0.0477. The Bertz CT molecular complexity index is 388. The summed E-state index contributed by atoms with van der Waals surface area (Å²) in [4.78, 5) is 14.5. The third-order valence-corrected chi connectivity index (χ3v) is 5.78. The maximum atomic E-state index is 12.1. The number of β-amino-alcohol motifs (C(OH)–C–C–N with tert-alkyl or cyclic N) is 1. The van der Waals surface area contributed by atoms with Gasteiger partial charge in [-0.25, -0.2) is 0 Å². The molecule has 16 heavy (non-hydrogen) atoms. The Morgan fingerprint density at radius 2 is 2.31 bits per heavy atom. The number of carbonyl (C=O) groups is 1. The van der Waals surface area contributed by atoms with Crippen molar-refractivity contribution in [3.63, 3.8) is 0 Å². The second-order valence-corrected chi connectivity index (χ2v) is 7.00. The highest BCUT2D eigenvalue weighted by atomic mass is 79.9. The minimum absolute atomic E-state index is 0.00940.